The van der Waals surface area contributed by atoms with Crippen LogP contribution >= 0.6 is 18.6 Å². The lowest BCUT2D eigenvalue weighted by Gasteiger charge is -2.44. The van der Waals surface area contributed by atoms with Crippen molar-refractivity contribution in [3.05, 3.63) is 131 Å². The Morgan fingerprint density at radius 1 is 0.830 bits per heavy atom. The van der Waals surface area contributed by atoms with Crippen molar-refractivity contribution in [3.63, 3.8) is 0 Å². The number of benzene rings is 4. The average Bonchev–Trinajstić information content (AvgIpc) is 3.10. The minimum atomic E-state index is -3.18. The van der Waals surface area contributed by atoms with Crippen LogP contribution in [0.4, 0.5) is 5.69 Å². The highest BCUT2D eigenvalue weighted by atomic mass is 32.2. The fraction of sp³-hybridized carbons (Fsp3) is 0.171. The van der Waals surface area contributed by atoms with Gasteiger partial charge in [0, 0.05) is 25.4 Å². The third-order valence-electron chi connectivity index (χ3n) is 7.61. The highest BCUT2D eigenvalue weighted by Crippen LogP contribution is 2.49. The minimum absolute atomic E-state index is 0.00608. The molecule has 47 heavy (non-hydrogen) atoms. The summed E-state index contributed by atoms with van der Waals surface area (Å²) in [7, 11) is 1.25. The Morgan fingerprint density at radius 2 is 1.34 bits per heavy atom. The van der Waals surface area contributed by atoms with Crippen molar-refractivity contribution >= 4 is 68.6 Å². The van der Waals surface area contributed by atoms with Crippen molar-refractivity contribution in [1.29, 1.82) is 0 Å². The van der Waals surface area contributed by atoms with Crippen LogP contribution in [0.2, 0.25) is 0 Å². The molecule has 1 fully saturated rings. The number of β-lactam (4-membered cyclic amide) rings is 1. The maximum absolute atomic E-state index is 14.6. The number of carbonyl (C=O) groups is 4. The molecule has 1 amide bonds. The van der Waals surface area contributed by atoms with Gasteiger partial charge >= 0.3 is 11.9 Å². The Kier molecular flexibility index (Phi) is 10.7. The molecule has 0 saturated carbocycles. The summed E-state index contributed by atoms with van der Waals surface area (Å²) in [4.78, 5) is 65.0. The molecule has 240 valence electrons. The van der Waals surface area contributed by atoms with E-state index in [0.29, 0.717) is 5.56 Å². The Hall–Kier alpha value is -4.99. The Balaban J connectivity index is 1.71. The molecule has 0 aromatic heterocycles. The quantitative estimate of drug-likeness (QED) is 0.0701. The molecule has 1 aliphatic rings. The van der Waals surface area contributed by atoms with Crippen LogP contribution in [0.15, 0.2) is 115 Å². The Morgan fingerprint density at radius 3 is 1.79 bits per heavy atom. The van der Waals surface area contributed by atoms with Crippen LogP contribution in [0.1, 0.15) is 24.8 Å². The second-order valence-electron chi connectivity index (χ2n) is 10.5. The van der Waals surface area contributed by atoms with Crippen molar-refractivity contribution in [3.8, 4) is 0 Å². The van der Waals surface area contributed by atoms with Crippen molar-refractivity contribution in [2.45, 2.75) is 31.2 Å². The number of non-ortho nitro benzene ring substituents is 1. The number of methoxy groups -OCH3 is 1. The van der Waals surface area contributed by atoms with Crippen molar-refractivity contribution in [2.24, 2.45) is 0 Å². The number of hydrogen-bond acceptors (Lipinski definition) is 9. The van der Waals surface area contributed by atoms with Gasteiger partial charge in [0.15, 0.2) is 5.12 Å². The summed E-state index contributed by atoms with van der Waals surface area (Å²) in [5.41, 5.74) is 0.528. The molecule has 12 heteroatoms. The minimum Gasteiger partial charge on any atom is -0.469 e. The third-order valence-corrected chi connectivity index (χ3v) is 13.0. The van der Waals surface area contributed by atoms with Gasteiger partial charge in [0.05, 0.1) is 30.2 Å². The molecule has 5 rings (SSSR count). The monoisotopic (exact) mass is 670 g/mol. The van der Waals surface area contributed by atoms with Crippen LogP contribution < -0.4 is 15.9 Å². The number of ether oxygens (including phenoxy) is 2. The third kappa shape index (κ3) is 7.21. The standard InChI is InChI=1S/C35H31N2O8PS/c1-44-32(39)21-22-33(40)47-31-23-30(38)36(31)34(35(41)45-24-25-17-19-26(20-18-25)37(42)43)46(27-11-5-2-6-12-27,28-13-7-3-8-14-28)29-15-9-4-10-16-29/h2-20,31H,21-24H2,1H3/t31-/m0/s1. The van der Waals surface area contributed by atoms with Gasteiger partial charge in [-0.05, 0) is 33.6 Å². The van der Waals surface area contributed by atoms with Gasteiger partial charge in [-0.1, -0.05) is 103 Å². The number of esters is 2. The van der Waals surface area contributed by atoms with E-state index < -0.39 is 29.1 Å². The topological polar surface area (TPSA) is 133 Å². The molecular weight excluding hydrogens is 639 g/mol. The van der Waals surface area contributed by atoms with Crippen molar-refractivity contribution in [2.75, 3.05) is 7.11 Å². The number of amides is 1. The maximum Gasteiger partial charge on any atom is 0.356 e. The fourth-order valence-electron chi connectivity index (χ4n) is 5.35. The first kappa shape index (κ1) is 33.4. The Bertz CT molecular complexity index is 1730. The van der Waals surface area contributed by atoms with Crippen LogP contribution in [-0.2, 0) is 35.3 Å². The zero-order valence-corrected chi connectivity index (χ0v) is 27.1. The second-order valence-corrected chi connectivity index (χ2v) is 15.0. The molecule has 1 atom stereocenters. The molecule has 0 spiro atoms. The Labute approximate surface area is 275 Å². The predicted molar refractivity (Wildman–Crippen MR) is 182 cm³/mol. The van der Waals surface area contributed by atoms with Crippen molar-refractivity contribution < 1.29 is 33.6 Å². The van der Waals surface area contributed by atoms with Gasteiger partial charge in [0.2, 0.25) is 5.91 Å². The molecule has 10 nitrogen and oxygen atoms in total. The zero-order valence-electron chi connectivity index (χ0n) is 25.4. The molecule has 0 N–H and O–H groups in total. The number of carbonyl (C=O) groups excluding carboxylic acids is 4. The summed E-state index contributed by atoms with van der Waals surface area (Å²) in [6.07, 6.45) is -0.190. The van der Waals surface area contributed by atoms with Gasteiger partial charge in [-0.2, -0.15) is 0 Å². The van der Waals surface area contributed by atoms with Crippen LogP contribution in [0, 0.1) is 10.1 Å². The SMILES string of the molecule is COC(=O)CCC(=O)S[C@H]1CC(=O)N1C(C(=O)OCc1ccc([N+](=O)[O-])cc1)=P(c1ccccc1)(c1ccccc1)c1ccccc1. The first-order chi connectivity index (χ1) is 22.7. The molecule has 0 unspecified atom stereocenters. The smallest absolute Gasteiger partial charge is 0.356 e. The summed E-state index contributed by atoms with van der Waals surface area (Å²) >= 11 is 0.901. The van der Waals surface area contributed by atoms with E-state index in [9.17, 15) is 29.3 Å². The largest absolute Gasteiger partial charge is 0.469 e. The summed E-state index contributed by atoms with van der Waals surface area (Å²) in [5.74, 6) is -1.63. The maximum atomic E-state index is 14.6. The van der Waals surface area contributed by atoms with Crippen LogP contribution in [0.5, 0.6) is 0 Å². The number of hydrogen-bond donors (Lipinski definition) is 0. The number of nitro groups is 1. The van der Waals surface area contributed by atoms with E-state index >= 15 is 0 Å². The van der Waals surface area contributed by atoms with Gasteiger partial charge in [-0.25, -0.2) is 4.79 Å². The van der Waals surface area contributed by atoms with Crippen LogP contribution in [-0.4, -0.2) is 50.7 Å². The van der Waals surface area contributed by atoms with Gasteiger partial charge in [0.1, 0.15) is 12.0 Å². The van der Waals surface area contributed by atoms with Crippen LogP contribution in [0.25, 0.3) is 0 Å². The molecule has 0 bridgehead atoms. The highest BCUT2D eigenvalue weighted by Gasteiger charge is 2.48. The lowest BCUT2D eigenvalue weighted by atomic mass is 10.2. The molecule has 1 aliphatic heterocycles. The molecule has 4 aromatic rings. The lowest BCUT2D eigenvalue weighted by molar-refractivity contribution is -0.384. The molecule has 0 aliphatic carbocycles. The van der Waals surface area contributed by atoms with Crippen LogP contribution in [0.3, 0.4) is 0 Å². The van der Waals surface area contributed by atoms with E-state index in [1.165, 1.54) is 36.3 Å². The van der Waals surface area contributed by atoms with E-state index in [4.69, 9.17) is 4.74 Å². The summed E-state index contributed by atoms with van der Waals surface area (Å²) in [6, 6.07) is 34.0. The summed E-state index contributed by atoms with van der Waals surface area (Å²) in [6.45, 7) is -3.39. The van der Waals surface area contributed by atoms with E-state index in [0.717, 1.165) is 27.7 Å². The zero-order chi connectivity index (χ0) is 33.4. The number of nitrogens with zero attached hydrogens (tertiary/aromatic N) is 2. The molecular formula is C35H31N2O8PS. The number of likely N-dealkylation sites (tertiary alicyclic amines) is 1. The predicted octanol–water partition coefficient (Wildman–Crippen LogP) is 4.53. The van der Waals surface area contributed by atoms with E-state index in [1.807, 2.05) is 91.0 Å². The first-order valence-corrected chi connectivity index (χ1v) is 17.3. The first-order valence-electron chi connectivity index (χ1n) is 14.7. The summed E-state index contributed by atoms with van der Waals surface area (Å²) in [5, 5.41) is 12.5. The highest BCUT2D eigenvalue weighted by molar-refractivity contribution is 8.14. The molecule has 4 aromatic carbocycles. The van der Waals surface area contributed by atoms with Gasteiger partial charge in [0.25, 0.3) is 5.69 Å². The van der Waals surface area contributed by atoms with E-state index in [1.54, 1.807) is 0 Å². The molecule has 1 saturated heterocycles. The molecule has 0 radical (unpaired) electrons. The number of nitro benzene ring substituents is 1. The lowest BCUT2D eigenvalue weighted by Crippen LogP contribution is -2.58. The van der Waals surface area contributed by atoms with E-state index in [2.05, 4.69) is 4.74 Å². The fourth-order valence-corrected chi connectivity index (χ4v) is 10.9. The van der Waals surface area contributed by atoms with E-state index in [-0.39, 0.29) is 48.0 Å². The summed E-state index contributed by atoms with van der Waals surface area (Å²) < 4.78 is 10.6. The number of rotatable bonds is 12. The number of thioether (sulfide) groups is 1. The van der Waals surface area contributed by atoms with Gasteiger partial charge in [-0.3, -0.25) is 29.4 Å². The normalized spacial score (nSPS) is 14.1. The van der Waals surface area contributed by atoms with Gasteiger partial charge in [-0.15, -0.1) is 0 Å². The van der Waals surface area contributed by atoms with Gasteiger partial charge < -0.3 is 9.47 Å². The average molecular weight is 671 g/mol. The van der Waals surface area contributed by atoms with Crippen molar-refractivity contribution in [1.82, 2.24) is 4.90 Å². The molecule has 1 heterocycles. The second kappa shape index (κ2) is 15.1.